The number of nitrogens with two attached hydrogens (primary N) is 1. The van der Waals surface area contributed by atoms with Crippen LogP contribution in [0.5, 0.6) is 0 Å². The van der Waals surface area contributed by atoms with Gasteiger partial charge < -0.3 is 10.8 Å². The van der Waals surface area contributed by atoms with Gasteiger partial charge in [-0.1, -0.05) is 26.2 Å². The number of nitrogens with zero attached hydrogens (tertiary/aromatic N) is 1. The normalized spacial score (nSPS) is 26.7. The molecule has 1 aromatic rings. The van der Waals surface area contributed by atoms with E-state index in [4.69, 9.17) is 5.73 Å². The van der Waals surface area contributed by atoms with E-state index in [0.717, 1.165) is 24.3 Å². The van der Waals surface area contributed by atoms with Gasteiger partial charge in [-0.05, 0) is 30.7 Å². The van der Waals surface area contributed by atoms with Crippen molar-refractivity contribution < 1.29 is 5.11 Å². The molecule has 1 unspecified atom stereocenters. The smallest absolute Gasteiger partial charge is 0.0853 e. The second-order valence-electron chi connectivity index (χ2n) is 5.14. The van der Waals surface area contributed by atoms with Crippen LogP contribution in [0.2, 0.25) is 0 Å². The number of aliphatic hydroxyl groups excluding tert-OH is 1. The van der Waals surface area contributed by atoms with Gasteiger partial charge in [0.05, 0.1) is 6.10 Å². The molecule has 0 aromatic carbocycles. The topological polar surface area (TPSA) is 59.1 Å². The molecule has 3 N–H and O–H groups in total. The van der Waals surface area contributed by atoms with Crippen LogP contribution in [-0.2, 0) is 0 Å². The third kappa shape index (κ3) is 2.78. The molecule has 0 radical (unpaired) electrons. The summed E-state index contributed by atoms with van der Waals surface area (Å²) in [6.45, 7) is 2.25. The van der Waals surface area contributed by atoms with Crippen LogP contribution in [0.15, 0.2) is 18.5 Å². The minimum absolute atomic E-state index is 0.351. The van der Waals surface area contributed by atoms with Crippen molar-refractivity contribution in [3.05, 3.63) is 24.0 Å². The standard InChI is InChI=1S/C14H22N2O/c1-2-10-3-5-11(6-4-10)14(17)12-9-16-8-7-13(12)15/h7-11,14,17H,2-6H2,1H3,(H2,15,16). The van der Waals surface area contributed by atoms with Crippen molar-refractivity contribution in [1.82, 2.24) is 4.98 Å². The SMILES string of the molecule is CCC1CCC(C(O)c2cnccc2N)CC1. The van der Waals surface area contributed by atoms with Gasteiger partial charge in [0.15, 0.2) is 0 Å². The van der Waals surface area contributed by atoms with Gasteiger partial charge in [0, 0.05) is 23.6 Å². The highest BCUT2D eigenvalue weighted by Crippen LogP contribution is 2.38. The van der Waals surface area contributed by atoms with Crippen molar-refractivity contribution in [2.45, 2.75) is 45.1 Å². The molecule has 0 aliphatic heterocycles. The number of hydrogen-bond donors (Lipinski definition) is 2. The molecular weight excluding hydrogens is 212 g/mol. The van der Waals surface area contributed by atoms with E-state index in [1.165, 1.54) is 19.3 Å². The van der Waals surface area contributed by atoms with Crippen molar-refractivity contribution in [2.24, 2.45) is 11.8 Å². The summed E-state index contributed by atoms with van der Waals surface area (Å²) >= 11 is 0. The van der Waals surface area contributed by atoms with Crippen LogP contribution in [0.4, 0.5) is 5.69 Å². The Bertz CT molecular complexity index is 359. The maximum absolute atomic E-state index is 10.4. The first-order valence-corrected chi connectivity index (χ1v) is 6.59. The Kier molecular flexibility index (Phi) is 4.00. The van der Waals surface area contributed by atoms with Crippen LogP contribution in [0.25, 0.3) is 0 Å². The highest BCUT2D eigenvalue weighted by Gasteiger charge is 2.27. The van der Waals surface area contributed by atoms with Crippen molar-refractivity contribution in [1.29, 1.82) is 0 Å². The third-order valence-electron chi connectivity index (χ3n) is 4.12. The zero-order valence-corrected chi connectivity index (χ0v) is 10.5. The molecule has 1 fully saturated rings. The molecule has 1 aliphatic carbocycles. The molecule has 17 heavy (non-hydrogen) atoms. The van der Waals surface area contributed by atoms with Gasteiger partial charge in [-0.2, -0.15) is 0 Å². The summed E-state index contributed by atoms with van der Waals surface area (Å²) in [5, 5.41) is 10.4. The summed E-state index contributed by atoms with van der Waals surface area (Å²) in [4.78, 5) is 4.05. The molecule has 1 aromatic heterocycles. The van der Waals surface area contributed by atoms with Gasteiger partial charge in [-0.25, -0.2) is 0 Å². The minimum Gasteiger partial charge on any atom is -0.398 e. The molecule has 0 spiro atoms. The highest BCUT2D eigenvalue weighted by molar-refractivity contribution is 5.45. The molecule has 0 bridgehead atoms. The Morgan fingerprint density at radius 1 is 1.41 bits per heavy atom. The molecule has 1 saturated carbocycles. The number of pyridine rings is 1. The van der Waals surface area contributed by atoms with Crippen LogP contribution < -0.4 is 5.73 Å². The van der Waals surface area contributed by atoms with Gasteiger partial charge in [-0.3, -0.25) is 4.98 Å². The Labute approximate surface area is 103 Å². The van der Waals surface area contributed by atoms with Crippen LogP contribution >= 0.6 is 0 Å². The zero-order valence-electron chi connectivity index (χ0n) is 10.5. The predicted octanol–water partition coefficient (Wildman–Crippen LogP) is 2.91. The molecule has 2 rings (SSSR count). The zero-order chi connectivity index (χ0) is 12.3. The second-order valence-corrected chi connectivity index (χ2v) is 5.14. The van der Waals surface area contributed by atoms with Crippen molar-refractivity contribution >= 4 is 5.69 Å². The highest BCUT2D eigenvalue weighted by atomic mass is 16.3. The molecular formula is C14H22N2O. The lowest BCUT2D eigenvalue weighted by atomic mass is 9.77. The maximum atomic E-state index is 10.4. The van der Waals surface area contributed by atoms with Crippen molar-refractivity contribution in [3.63, 3.8) is 0 Å². The number of rotatable bonds is 3. The molecule has 94 valence electrons. The van der Waals surface area contributed by atoms with Gasteiger partial charge in [0.1, 0.15) is 0 Å². The second kappa shape index (κ2) is 5.50. The summed E-state index contributed by atoms with van der Waals surface area (Å²) in [5.74, 6) is 1.20. The minimum atomic E-state index is -0.443. The Hall–Kier alpha value is -1.09. The summed E-state index contributed by atoms with van der Waals surface area (Å²) in [6, 6.07) is 1.76. The van der Waals surface area contributed by atoms with Crippen LogP contribution in [0.1, 0.15) is 50.7 Å². The quantitative estimate of drug-likeness (QED) is 0.845. The lowest BCUT2D eigenvalue weighted by molar-refractivity contribution is 0.0732. The van der Waals surface area contributed by atoms with Gasteiger partial charge in [-0.15, -0.1) is 0 Å². The lowest BCUT2D eigenvalue weighted by Gasteiger charge is -2.31. The average Bonchev–Trinajstić information content (AvgIpc) is 2.39. The first kappa shape index (κ1) is 12.4. The molecule has 1 atom stereocenters. The first-order chi connectivity index (χ1) is 8.22. The fourth-order valence-corrected chi connectivity index (χ4v) is 2.83. The first-order valence-electron chi connectivity index (χ1n) is 6.59. The number of nitrogen functional groups attached to an aromatic ring is 1. The maximum Gasteiger partial charge on any atom is 0.0853 e. The van der Waals surface area contributed by atoms with E-state index in [1.807, 2.05) is 0 Å². The fourth-order valence-electron chi connectivity index (χ4n) is 2.83. The van der Waals surface area contributed by atoms with Crippen LogP contribution in [0, 0.1) is 11.8 Å². The number of hydrogen-bond acceptors (Lipinski definition) is 3. The Morgan fingerprint density at radius 2 is 2.12 bits per heavy atom. The van der Waals surface area contributed by atoms with E-state index in [-0.39, 0.29) is 0 Å². The Balaban J connectivity index is 2.02. The molecule has 3 heteroatoms. The fraction of sp³-hybridized carbons (Fsp3) is 0.643. The van der Waals surface area contributed by atoms with Crippen LogP contribution in [0.3, 0.4) is 0 Å². The van der Waals surface area contributed by atoms with E-state index < -0.39 is 6.10 Å². The van der Waals surface area contributed by atoms with E-state index >= 15 is 0 Å². The van der Waals surface area contributed by atoms with E-state index in [9.17, 15) is 5.11 Å². The number of anilines is 1. The van der Waals surface area contributed by atoms with E-state index in [2.05, 4.69) is 11.9 Å². The molecule has 3 nitrogen and oxygen atoms in total. The summed E-state index contributed by atoms with van der Waals surface area (Å²) < 4.78 is 0. The predicted molar refractivity (Wildman–Crippen MR) is 69.3 cm³/mol. The summed E-state index contributed by atoms with van der Waals surface area (Å²) in [7, 11) is 0. The summed E-state index contributed by atoms with van der Waals surface area (Å²) in [6.07, 6.45) is 8.86. The molecule has 0 saturated heterocycles. The Morgan fingerprint density at radius 3 is 2.71 bits per heavy atom. The van der Waals surface area contributed by atoms with Gasteiger partial charge in [0.2, 0.25) is 0 Å². The average molecular weight is 234 g/mol. The van der Waals surface area contributed by atoms with Crippen LogP contribution in [-0.4, -0.2) is 10.1 Å². The number of aromatic nitrogens is 1. The van der Waals surface area contributed by atoms with E-state index in [1.54, 1.807) is 18.5 Å². The molecule has 1 heterocycles. The summed E-state index contributed by atoms with van der Waals surface area (Å²) in [5.41, 5.74) is 7.34. The molecule has 0 amide bonds. The van der Waals surface area contributed by atoms with E-state index in [0.29, 0.717) is 11.6 Å². The largest absolute Gasteiger partial charge is 0.398 e. The van der Waals surface area contributed by atoms with Crippen molar-refractivity contribution in [3.8, 4) is 0 Å². The lowest BCUT2D eigenvalue weighted by Crippen LogP contribution is -2.21. The monoisotopic (exact) mass is 234 g/mol. The van der Waals surface area contributed by atoms with Crippen molar-refractivity contribution in [2.75, 3.05) is 5.73 Å². The van der Waals surface area contributed by atoms with Gasteiger partial charge >= 0.3 is 0 Å². The van der Waals surface area contributed by atoms with Gasteiger partial charge in [0.25, 0.3) is 0 Å². The number of aliphatic hydroxyl groups is 1. The molecule has 1 aliphatic rings. The third-order valence-corrected chi connectivity index (χ3v) is 4.12.